The first-order chi connectivity index (χ1) is 15.5. The maximum absolute atomic E-state index is 12.8. The molecule has 0 saturated carbocycles. The number of hydrogen-bond donors (Lipinski definition) is 2. The van der Waals surface area contributed by atoms with Crippen molar-refractivity contribution < 1.29 is 14.1 Å². The highest BCUT2D eigenvalue weighted by Crippen LogP contribution is 2.24. The molecule has 3 amide bonds. The minimum absolute atomic E-state index is 0.000501. The van der Waals surface area contributed by atoms with E-state index in [-0.39, 0.29) is 11.9 Å². The van der Waals surface area contributed by atoms with Crippen LogP contribution in [0.1, 0.15) is 34.8 Å². The number of likely N-dealkylation sites (tertiary alicyclic amines) is 1. The first kappa shape index (κ1) is 21.5. The largest absolute Gasteiger partial charge is 0.341 e. The van der Waals surface area contributed by atoms with Crippen molar-refractivity contribution in [2.24, 2.45) is 5.92 Å². The minimum atomic E-state index is -0.297. The van der Waals surface area contributed by atoms with E-state index in [0.29, 0.717) is 54.1 Å². The Morgan fingerprint density at radius 2 is 1.84 bits per heavy atom. The molecule has 2 N–H and O–H groups in total. The molecule has 0 unspecified atom stereocenters. The van der Waals surface area contributed by atoms with Crippen molar-refractivity contribution >= 4 is 17.6 Å². The fraction of sp³-hybridized carbons (Fsp3) is 0.348. The van der Waals surface area contributed by atoms with Crippen molar-refractivity contribution in [2.45, 2.75) is 26.2 Å². The van der Waals surface area contributed by atoms with Crippen LogP contribution in [0, 0.1) is 12.8 Å². The van der Waals surface area contributed by atoms with Gasteiger partial charge in [-0.1, -0.05) is 11.2 Å². The van der Waals surface area contributed by atoms with Crippen LogP contribution in [0.3, 0.4) is 0 Å². The molecule has 1 aliphatic heterocycles. The molecule has 4 rings (SSSR count). The van der Waals surface area contributed by atoms with E-state index in [1.54, 1.807) is 31.3 Å². The van der Waals surface area contributed by atoms with Gasteiger partial charge in [-0.15, -0.1) is 0 Å². The number of carbonyl (C=O) groups is 2. The lowest BCUT2D eigenvalue weighted by molar-refractivity contribution is 0.0687. The molecule has 3 aromatic rings. The van der Waals surface area contributed by atoms with Gasteiger partial charge in [0.05, 0.1) is 0 Å². The monoisotopic (exact) mass is 434 g/mol. The van der Waals surface area contributed by atoms with Crippen LogP contribution in [0.15, 0.2) is 47.0 Å². The third-order valence-corrected chi connectivity index (χ3v) is 5.57. The van der Waals surface area contributed by atoms with E-state index in [9.17, 15) is 9.59 Å². The molecule has 0 bridgehead atoms. The second-order valence-corrected chi connectivity index (χ2v) is 7.90. The summed E-state index contributed by atoms with van der Waals surface area (Å²) in [5.74, 6) is 1.50. The number of aryl methyl sites for hydroxylation is 1. The number of nitrogens with zero attached hydrogens (tertiary/aromatic N) is 4. The van der Waals surface area contributed by atoms with E-state index in [4.69, 9.17) is 4.52 Å². The average Bonchev–Trinajstić information content (AvgIpc) is 3.28. The Labute approximate surface area is 186 Å². The minimum Gasteiger partial charge on any atom is -0.341 e. The van der Waals surface area contributed by atoms with E-state index in [2.05, 4.69) is 25.8 Å². The van der Waals surface area contributed by atoms with Crippen molar-refractivity contribution in [1.82, 2.24) is 25.3 Å². The molecular weight excluding hydrogens is 408 g/mol. The normalized spacial score (nSPS) is 14.2. The fourth-order valence-electron chi connectivity index (χ4n) is 3.77. The molecule has 1 aliphatic rings. The van der Waals surface area contributed by atoms with E-state index in [1.807, 2.05) is 30.0 Å². The summed E-state index contributed by atoms with van der Waals surface area (Å²) in [4.78, 5) is 35.0. The summed E-state index contributed by atoms with van der Waals surface area (Å²) >= 11 is 0. The Morgan fingerprint density at radius 1 is 1.09 bits per heavy atom. The topological polar surface area (TPSA) is 113 Å². The van der Waals surface area contributed by atoms with Gasteiger partial charge in [0, 0.05) is 43.5 Å². The molecule has 0 spiro atoms. The van der Waals surface area contributed by atoms with Crippen molar-refractivity contribution in [3.63, 3.8) is 0 Å². The fourth-order valence-corrected chi connectivity index (χ4v) is 3.77. The number of piperidine rings is 1. The van der Waals surface area contributed by atoms with Gasteiger partial charge >= 0.3 is 6.03 Å². The highest BCUT2D eigenvalue weighted by molar-refractivity contribution is 5.95. The first-order valence-corrected chi connectivity index (χ1v) is 10.7. The summed E-state index contributed by atoms with van der Waals surface area (Å²) in [6.07, 6.45) is 2.45. The Kier molecular flexibility index (Phi) is 6.44. The lowest BCUT2D eigenvalue weighted by Gasteiger charge is -2.31. The van der Waals surface area contributed by atoms with Crippen LogP contribution in [0.2, 0.25) is 0 Å². The number of aromatic nitrogens is 3. The van der Waals surface area contributed by atoms with Gasteiger partial charge in [0.15, 0.2) is 0 Å². The van der Waals surface area contributed by atoms with Crippen LogP contribution in [0.4, 0.5) is 10.5 Å². The van der Waals surface area contributed by atoms with Gasteiger partial charge in [-0.3, -0.25) is 4.79 Å². The van der Waals surface area contributed by atoms with E-state index in [0.717, 1.165) is 18.5 Å². The zero-order valence-corrected chi connectivity index (χ0v) is 18.2. The standard InChI is InChI=1S/C23H26N6O3/c1-15-4-3-5-19(25-15)21-27-20(32-28-21)14-16-10-12-29(13-11-16)22(30)17-6-8-18(9-7-17)26-23(31)24-2/h3-9,16H,10-14H2,1-2H3,(H2,24,26,31). The Balaban J connectivity index is 1.29. The van der Waals surface area contributed by atoms with Crippen LogP contribution in [-0.2, 0) is 6.42 Å². The predicted molar refractivity (Wildman–Crippen MR) is 119 cm³/mol. The van der Waals surface area contributed by atoms with E-state index < -0.39 is 0 Å². The molecule has 1 fully saturated rings. The van der Waals surface area contributed by atoms with Crippen LogP contribution < -0.4 is 10.6 Å². The van der Waals surface area contributed by atoms with Crippen molar-refractivity contribution in [3.05, 3.63) is 59.6 Å². The third kappa shape index (κ3) is 5.11. The number of nitrogens with one attached hydrogen (secondary N) is 2. The molecule has 1 saturated heterocycles. The van der Waals surface area contributed by atoms with Crippen molar-refractivity contribution in [2.75, 3.05) is 25.5 Å². The zero-order valence-electron chi connectivity index (χ0n) is 18.2. The molecule has 32 heavy (non-hydrogen) atoms. The molecule has 9 heteroatoms. The number of anilines is 1. The van der Waals surface area contributed by atoms with Crippen LogP contribution in [0.5, 0.6) is 0 Å². The molecule has 3 heterocycles. The highest BCUT2D eigenvalue weighted by atomic mass is 16.5. The third-order valence-electron chi connectivity index (χ3n) is 5.57. The quantitative estimate of drug-likeness (QED) is 0.637. The summed E-state index contributed by atoms with van der Waals surface area (Å²) in [6.45, 7) is 3.29. The van der Waals surface area contributed by atoms with Crippen molar-refractivity contribution in [3.8, 4) is 11.5 Å². The lowest BCUT2D eigenvalue weighted by Crippen LogP contribution is -2.38. The Hall–Kier alpha value is -3.75. The van der Waals surface area contributed by atoms with E-state index in [1.165, 1.54) is 0 Å². The maximum atomic E-state index is 12.8. The Morgan fingerprint density at radius 3 is 2.53 bits per heavy atom. The summed E-state index contributed by atoms with van der Waals surface area (Å²) in [5.41, 5.74) is 2.86. The van der Waals surface area contributed by atoms with Crippen LogP contribution in [0.25, 0.3) is 11.5 Å². The first-order valence-electron chi connectivity index (χ1n) is 10.7. The van der Waals surface area contributed by atoms with Crippen LogP contribution in [-0.4, -0.2) is 52.1 Å². The summed E-state index contributed by atoms with van der Waals surface area (Å²) in [7, 11) is 1.55. The number of amides is 3. The number of pyridine rings is 1. The van der Waals surface area contributed by atoms with Crippen molar-refractivity contribution in [1.29, 1.82) is 0 Å². The summed E-state index contributed by atoms with van der Waals surface area (Å²) in [6, 6.07) is 12.3. The second kappa shape index (κ2) is 9.59. The summed E-state index contributed by atoms with van der Waals surface area (Å²) < 4.78 is 5.44. The predicted octanol–water partition coefficient (Wildman–Crippen LogP) is 3.29. The van der Waals surface area contributed by atoms with Gasteiger partial charge in [-0.25, -0.2) is 9.78 Å². The average molecular weight is 435 g/mol. The smallest absolute Gasteiger partial charge is 0.318 e. The van der Waals surface area contributed by atoms with Gasteiger partial charge < -0.3 is 20.1 Å². The zero-order chi connectivity index (χ0) is 22.5. The van der Waals surface area contributed by atoms with E-state index >= 15 is 0 Å². The Bertz CT molecular complexity index is 1090. The second-order valence-electron chi connectivity index (χ2n) is 7.90. The van der Waals surface area contributed by atoms with Gasteiger partial charge in [-0.05, 0) is 62.1 Å². The number of rotatable bonds is 5. The maximum Gasteiger partial charge on any atom is 0.318 e. The molecule has 0 atom stereocenters. The van der Waals surface area contributed by atoms with Gasteiger partial charge in [0.1, 0.15) is 5.69 Å². The van der Waals surface area contributed by atoms with Crippen LogP contribution >= 0.6 is 0 Å². The molecule has 2 aromatic heterocycles. The molecule has 166 valence electrons. The molecule has 9 nitrogen and oxygen atoms in total. The molecule has 0 radical (unpaired) electrons. The van der Waals surface area contributed by atoms with Gasteiger partial charge in [0.2, 0.25) is 11.7 Å². The summed E-state index contributed by atoms with van der Waals surface area (Å²) in [5, 5.41) is 9.24. The number of urea groups is 1. The van der Waals surface area contributed by atoms with Gasteiger partial charge in [-0.2, -0.15) is 4.98 Å². The number of hydrogen-bond acceptors (Lipinski definition) is 6. The molecule has 1 aromatic carbocycles. The highest BCUT2D eigenvalue weighted by Gasteiger charge is 2.25. The SMILES string of the molecule is CNC(=O)Nc1ccc(C(=O)N2CCC(Cc3nc(-c4cccc(C)n4)no3)CC2)cc1. The lowest BCUT2D eigenvalue weighted by atomic mass is 9.93. The number of carbonyl (C=O) groups excluding carboxylic acids is 2. The number of benzene rings is 1. The van der Waals surface area contributed by atoms with Gasteiger partial charge in [0.25, 0.3) is 5.91 Å². The molecule has 0 aliphatic carbocycles. The molecular formula is C23H26N6O3.